The molecule has 1 rings (SSSR count). The fourth-order valence-electron chi connectivity index (χ4n) is 1.54. The number of nitrogens with one attached hydrogen (secondary N) is 2. The summed E-state index contributed by atoms with van der Waals surface area (Å²) in [6.45, 7) is 11.6. The Morgan fingerprint density at radius 1 is 1.25 bits per heavy atom. The molecule has 4 heteroatoms. The fraction of sp³-hybridized carbons (Fsp3) is 0.750. The summed E-state index contributed by atoms with van der Waals surface area (Å²) in [5, 5.41) is 8.03. The maximum Gasteiger partial charge on any atom is 0.0900 e. The van der Waals surface area contributed by atoms with Crippen molar-refractivity contribution in [1.29, 1.82) is 0 Å². The van der Waals surface area contributed by atoms with Crippen LogP contribution < -0.4 is 10.6 Å². The van der Waals surface area contributed by atoms with E-state index in [0.717, 1.165) is 24.6 Å². The molecule has 0 aliphatic heterocycles. The lowest BCUT2D eigenvalue weighted by Crippen LogP contribution is -2.26. The molecule has 2 N–H and O–H groups in total. The van der Waals surface area contributed by atoms with Gasteiger partial charge >= 0.3 is 0 Å². The second kappa shape index (κ2) is 6.99. The Hall–Kier alpha value is -0.450. The summed E-state index contributed by atoms with van der Waals surface area (Å²) >= 11 is 1.79. The number of hydrogen-bond donors (Lipinski definition) is 2. The molecule has 1 heterocycles. The van der Waals surface area contributed by atoms with E-state index in [1.165, 1.54) is 17.0 Å². The van der Waals surface area contributed by atoms with E-state index in [9.17, 15) is 0 Å². The third-order valence-electron chi connectivity index (χ3n) is 2.37. The standard InChI is InChI=1S/C12H23N3S/c1-9(2)14-7-5-6-13-8-12-10(3)15-11(4)16-12/h9,13-14H,5-8H2,1-4H3. The second-order valence-corrected chi connectivity index (χ2v) is 5.67. The maximum atomic E-state index is 4.42. The summed E-state index contributed by atoms with van der Waals surface area (Å²) in [5.74, 6) is 0. The minimum atomic E-state index is 0.589. The zero-order valence-corrected chi connectivity index (χ0v) is 11.6. The van der Waals surface area contributed by atoms with Crippen molar-refractivity contribution in [3.8, 4) is 0 Å². The summed E-state index contributed by atoms with van der Waals surface area (Å²) in [7, 11) is 0. The third-order valence-corrected chi connectivity index (χ3v) is 3.44. The van der Waals surface area contributed by atoms with Gasteiger partial charge in [0.1, 0.15) is 0 Å². The molecule has 0 saturated heterocycles. The highest BCUT2D eigenvalue weighted by Crippen LogP contribution is 2.16. The van der Waals surface area contributed by atoms with Gasteiger partial charge in [-0.05, 0) is 33.4 Å². The quantitative estimate of drug-likeness (QED) is 0.719. The van der Waals surface area contributed by atoms with Crippen LogP contribution in [-0.4, -0.2) is 24.1 Å². The number of nitrogens with zero attached hydrogens (tertiary/aromatic N) is 1. The highest BCUT2D eigenvalue weighted by atomic mass is 32.1. The highest BCUT2D eigenvalue weighted by molar-refractivity contribution is 7.11. The van der Waals surface area contributed by atoms with Gasteiger partial charge in [0.2, 0.25) is 0 Å². The molecule has 0 amide bonds. The van der Waals surface area contributed by atoms with Crippen LogP contribution in [0.15, 0.2) is 0 Å². The molecular formula is C12H23N3S. The van der Waals surface area contributed by atoms with Crippen molar-refractivity contribution in [2.75, 3.05) is 13.1 Å². The normalized spacial score (nSPS) is 11.3. The Kier molecular flexibility index (Phi) is 5.95. The first-order valence-corrected chi connectivity index (χ1v) is 6.78. The van der Waals surface area contributed by atoms with Crippen molar-refractivity contribution in [1.82, 2.24) is 15.6 Å². The van der Waals surface area contributed by atoms with E-state index in [1.807, 2.05) is 0 Å². The minimum absolute atomic E-state index is 0.589. The monoisotopic (exact) mass is 241 g/mol. The number of rotatable bonds is 7. The van der Waals surface area contributed by atoms with Crippen molar-refractivity contribution in [2.24, 2.45) is 0 Å². The average Bonchev–Trinajstić information content (AvgIpc) is 2.50. The first-order chi connectivity index (χ1) is 7.59. The Morgan fingerprint density at radius 2 is 2.00 bits per heavy atom. The van der Waals surface area contributed by atoms with E-state index in [0.29, 0.717) is 6.04 Å². The molecule has 1 aromatic rings. The van der Waals surface area contributed by atoms with E-state index < -0.39 is 0 Å². The summed E-state index contributed by atoms with van der Waals surface area (Å²) < 4.78 is 0. The minimum Gasteiger partial charge on any atom is -0.314 e. The van der Waals surface area contributed by atoms with Crippen molar-refractivity contribution < 1.29 is 0 Å². The van der Waals surface area contributed by atoms with Crippen LogP contribution in [0.3, 0.4) is 0 Å². The number of aryl methyl sites for hydroxylation is 2. The highest BCUT2D eigenvalue weighted by Gasteiger charge is 2.03. The van der Waals surface area contributed by atoms with Crippen LogP contribution in [0.5, 0.6) is 0 Å². The smallest absolute Gasteiger partial charge is 0.0900 e. The summed E-state index contributed by atoms with van der Waals surface area (Å²) in [6.07, 6.45) is 1.18. The molecule has 0 fully saturated rings. The Morgan fingerprint density at radius 3 is 2.56 bits per heavy atom. The van der Waals surface area contributed by atoms with E-state index in [1.54, 1.807) is 11.3 Å². The molecule has 0 aliphatic rings. The summed E-state index contributed by atoms with van der Waals surface area (Å²) in [6, 6.07) is 0.589. The number of aromatic nitrogens is 1. The van der Waals surface area contributed by atoms with Crippen LogP contribution in [0.1, 0.15) is 35.8 Å². The van der Waals surface area contributed by atoms with Crippen molar-refractivity contribution in [3.63, 3.8) is 0 Å². The molecule has 92 valence electrons. The van der Waals surface area contributed by atoms with Gasteiger partial charge in [-0.25, -0.2) is 4.98 Å². The molecule has 0 radical (unpaired) electrons. The number of thiazole rings is 1. The average molecular weight is 241 g/mol. The SMILES string of the molecule is Cc1nc(C)c(CNCCCNC(C)C)s1. The topological polar surface area (TPSA) is 37.0 Å². The van der Waals surface area contributed by atoms with Gasteiger partial charge in [-0.1, -0.05) is 13.8 Å². The van der Waals surface area contributed by atoms with Gasteiger partial charge in [-0.2, -0.15) is 0 Å². The summed E-state index contributed by atoms with van der Waals surface area (Å²) in [4.78, 5) is 5.79. The molecule has 0 spiro atoms. The van der Waals surface area contributed by atoms with Gasteiger partial charge in [0.25, 0.3) is 0 Å². The van der Waals surface area contributed by atoms with Crippen molar-refractivity contribution >= 4 is 11.3 Å². The lowest BCUT2D eigenvalue weighted by molar-refractivity contribution is 0.548. The van der Waals surface area contributed by atoms with Crippen LogP contribution in [0.2, 0.25) is 0 Å². The van der Waals surface area contributed by atoms with E-state index >= 15 is 0 Å². The number of hydrogen-bond acceptors (Lipinski definition) is 4. The van der Waals surface area contributed by atoms with Gasteiger partial charge < -0.3 is 10.6 Å². The largest absolute Gasteiger partial charge is 0.314 e. The molecule has 0 aromatic carbocycles. The molecule has 16 heavy (non-hydrogen) atoms. The molecule has 0 saturated carbocycles. The Labute approximate surface area is 103 Å². The lowest BCUT2D eigenvalue weighted by Gasteiger charge is -2.08. The zero-order valence-electron chi connectivity index (χ0n) is 10.8. The first-order valence-electron chi connectivity index (χ1n) is 5.96. The molecule has 3 nitrogen and oxygen atoms in total. The second-order valence-electron chi connectivity index (χ2n) is 4.38. The van der Waals surface area contributed by atoms with E-state index in [2.05, 4.69) is 43.3 Å². The van der Waals surface area contributed by atoms with Crippen molar-refractivity contribution in [3.05, 3.63) is 15.6 Å². The predicted octanol–water partition coefficient (Wildman–Crippen LogP) is 2.24. The van der Waals surface area contributed by atoms with Gasteiger partial charge in [-0.3, -0.25) is 0 Å². The van der Waals surface area contributed by atoms with Crippen molar-refractivity contribution in [2.45, 2.75) is 46.7 Å². The first kappa shape index (κ1) is 13.6. The Bertz CT molecular complexity index is 307. The molecule has 0 bridgehead atoms. The molecule has 0 atom stereocenters. The van der Waals surface area contributed by atoms with E-state index in [-0.39, 0.29) is 0 Å². The lowest BCUT2D eigenvalue weighted by atomic mass is 10.3. The predicted molar refractivity (Wildman–Crippen MR) is 71.1 cm³/mol. The van der Waals surface area contributed by atoms with Crippen LogP contribution in [-0.2, 0) is 6.54 Å². The van der Waals surface area contributed by atoms with Crippen LogP contribution in [0.4, 0.5) is 0 Å². The maximum absolute atomic E-state index is 4.42. The van der Waals surface area contributed by atoms with Gasteiger partial charge in [-0.15, -0.1) is 11.3 Å². The fourth-order valence-corrected chi connectivity index (χ4v) is 2.45. The molecule has 0 unspecified atom stereocenters. The van der Waals surface area contributed by atoms with Gasteiger partial charge in [0.05, 0.1) is 10.7 Å². The van der Waals surface area contributed by atoms with Gasteiger partial charge in [0, 0.05) is 17.5 Å². The van der Waals surface area contributed by atoms with Crippen LogP contribution in [0, 0.1) is 13.8 Å². The summed E-state index contributed by atoms with van der Waals surface area (Å²) in [5.41, 5.74) is 1.18. The molecule has 1 aromatic heterocycles. The van der Waals surface area contributed by atoms with Crippen LogP contribution >= 0.6 is 11.3 Å². The Balaban J connectivity index is 2.09. The molecular weight excluding hydrogens is 218 g/mol. The third kappa shape index (κ3) is 5.05. The van der Waals surface area contributed by atoms with Crippen LogP contribution in [0.25, 0.3) is 0 Å². The van der Waals surface area contributed by atoms with Gasteiger partial charge in [0.15, 0.2) is 0 Å². The zero-order chi connectivity index (χ0) is 12.0. The molecule has 0 aliphatic carbocycles. The van der Waals surface area contributed by atoms with E-state index in [4.69, 9.17) is 0 Å².